The van der Waals surface area contributed by atoms with E-state index in [1.807, 2.05) is 6.92 Å². The minimum atomic E-state index is -0.0881. The normalized spacial score (nSPS) is 22.2. The Bertz CT molecular complexity index is 459. The first-order valence-corrected chi connectivity index (χ1v) is 6.94. The van der Waals surface area contributed by atoms with Crippen LogP contribution in [0.2, 0.25) is 0 Å². The highest BCUT2D eigenvalue weighted by Crippen LogP contribution is 2.28. The van der Waals surface area contributed by atoms with Crippen LogP contribution in [0.5, 0.6) is 5.75 Å². The highest BCUT2D eigenvalue weighted by molar-refractivity contribution is 5.98. The maximum absolute atomic E-state index is 12.3. The molecule has 1 saturated carbocycles. The first-order chi connectivity index (χ1) is 9.11. The van der Waals surface area contributed by atoms with E-state index in [1.54, 1.807) is 18.2 Å². The topological polar surface area (TPSA) is 64.3 Å². The highest BCUT2D eigenvalue weighted by Gasteiger charge is 2.24. The quantitative estimate of drug-likeness (QED) is 0.820. The van der Waals surface area contributed by atoms with Crippen LogP contribution in [-0.2, 0) is 0 Å². The number of carbonyl (C=O) groups excluding carboxylic acids is 1. The summed E-state index contributed by atoms with van der Waals surface area (Å²) in [6.45, 7) is 4.60. The van der Waals surface area contributed by atoms with Crippen molar-refractivity contribution < 1.29 is 9.53 Å². The van der Waals surface area contributed by atoms with Crippen molar-refractivity contribution >= 4 is 11.6 Å². The molecule has 0 aliphatic heterocycles. The second-order valence-electron chi connectivity index (χ2n) is 5.25. The number of benzene rings is 1. The van der Waals surface area contributed by atoms with Crippen molar-refractivity contribution in [3.05, 3.63) is 23.8 Å². The van der Waals surface area contributed by atoms with Crippen molar-refractivity contribution in [2.75, 3.05) is 12.3 Å². The van der Waals surface area contributed by atoms with Crippen molar-refractivity contribution in [1.82, 2.24) is 5.32 Å². The van der Waals surface area contributed by atoms with E-state index in [-0.39, 0.29) is 11.9 Å². The average Bonchev–Trinajstić information content (AvgIpc) is 2.77. The number of rotatable bonds is 4. The Morgan fingerprint density at radius 1 is 1.47 bits per heavy atom. The molecule has 2 unspecified atom stereocenters. The maximum atomic E-state index is 12.3. The van der Waals surface area contributed by atoms with Crippen LogP contribution in [0, 0.1) is 5.92 Å². The molecule has 1 aromatic rings. The fourth-order valence-electron chi connectivity index (χ4n) is 2.64. The van der Waals surface area contributed by atoms with Gasteiger partial charge in [-0.25, -0.2) is 0 Å². The van der Waals surface area contributed by atoms with Crippen LogP contribution < -0.4 is 15.8 Å². The first-order valence-electron chi connectivity index (χ1n) is 6.94. The summed E-state index contributed by atoms with van der Waals surface area (Å²) < 4.78 is 5.49. The van der Waals surface area contributed by atoms with E-state index in [4.69, 9.17) is 10.5 Å². The summed E-state index contributed by atoms with van der Waals surface area (Å²) in [4.78, 5) is 12.3. The van der Waals surface area contributed by atoms with Gasteiger partial charge in [-0.15, -0.1) is 0 Å². The van der Waals surface area contributed by atoms with E-state index < -0.39 is 0 Å². The van der Waals surface area contributed by atoms with Crippen molar-refractivity contribution in [1.29, 1.82) is 0 Å². The SMILES string of the molecule is CCOc1c(N)cccc1C(=O)NC1CCC(C)C1. The lowest BCUT2D eigenvalue weighted by atomic mass is 10.1. The molecule has 0 aromatic heterocycles. The number of nitrogens with one attached hydrogen (secondary N) is 1. The highest BCUT2D eigenvalue weighted by atomic mass is 16.5. The molecular weight excluding hydrogens is 240 g/mol. The van der Waals surface area contributed by atoms with Crippen molar-refractivity contribution in [3.8, 4) is 5.75 Å². The number of hydrogen-bond acceptors (Lipinski definition) is 3. The van der Waals surface area contributed by atoms with E-state index in [0.29, 0.717) is 29.5 Å². The van der Waals surface area contributed by atoms with Crippen LogP contribution in [0.4, 0.5) is 5.69 Å². The van der Waals surface area contributed by atoms with Gasteiger partial charge in [-0.2, -0.15) is 0 Å². The molecule has 2 atom stereocenters. The molecule has 3 N–H and O–H groups in total. The summed E-state index contributed by atoms with van der Waals surface area (Å²) in [6, 6.07) is 5.57. The Morgan fingerprint density at radius 3 is 2.89 bits per heavy atom. The van der Waals surface area contributed by atoms with Crippen LogP contribution in [0.15, 0.2) is 18.2 Å². The molecule has 4 nitrogen and oxygen atoms in total. The van der Waals surface area contributed by atoms with Gasteiger partial charge in [0.15, 0.2) is 5.75 Å². The van der Waals surface area contributed by atoms with Gasteiger partial charge in [0, 0.05) is 6.04 Å². The van der Waals surface area contributed by atoms with Crippen LogP contribution in [0.3, 0.4) is 0 Å². The van der Waals surface area contributed by atoms with Gasteiger partial charge in [-0.1, -0.05) is 13.0 Å². The second-order valence-corrected chi connectivity index (χ2v) is 5.25. The summed E-state index contributed by atoms with van der Waals surface area (Å²) in [5, 5.41) is 3.08. The number of hydrogen-bond donors (Lipinski definition) is 2. The van der Waals surface area contributed by atoms with Crippen molar-refractivity contribution in [2.45, 2.75) is 39.2 Å². The predicted molar refractivity (Wildman–Crippen MR) is 76.3 cm³/mol. The number of ether oxygens (including phenoxy) is 1. The lowest BCUT2D eigenvalue weighted by molar-refractivity contribution is 0.0933. The van der Waals surface area contributed by atoms with E-state index in [1.165, 1.54) is 6.42 Å². The van der Waals surface area contributed by atoms with Gasteiger partial charge in [-0.05, 0) is 44.2 Å². The Hall–Kier alpha value is -1.71. The summed E-state index contributed by atoms with van der Waals surface area (Å²) in [5.41, 5.74) is 6.91. The molecule has 0 saturated heterocycles. The second kappa shape index (κ2) is 5.95. The molecule has 0 bridgehead atoms. The summed E-state index contributed by atoms with van der Waals surface area (Å²) in [7, 11) is 0. The molecule has 0 heterocycles. The van der Waals surface area contributed by atoms with Crippen LogP contribution in [0.1, 0.15) is 43.5 Å². The van der Waals surface area contributed by atoms with Gasteiger partial charge >= 0.3 is 0 Å². The van der Waals surface area contributed by atoms with Gasteiger partial charge in [0.2, 0.25) is 0 Å². The number of nitrogens with two attached hydrogens (primary N) is 1. The predicted octanol–water partition coefficient (Wildman–Crippen LogP) is 2.59. The van der Waals surface area contributed by atoms with Gasteiger partial charge in [0.25, 0.3) is 5.91 Å². The van der Waals surface area contributed by atoms with Crippen LogP contribution >= 0.6 is 0 Å². The maximum Gasteiger partial charge on any atom is 0.255 e. The Balaban J connectivity index is 2.12. The zero-order valence-corrected chi connectivity index (χ0v) is 11.6. The lowest BCUT2D eigenvalue weighted by Gasteiger charge is -2.16. The summed E-state index contributed by atoms with van der Waals surface area (Å²) >= 11 is 0. The Labute approximate surface area is 114 Å². The molecule has 19 heavy (non-hydrogen) atoms. The fraction of sp³-hybridized carbons (Fsp3) is 0.533. The molecule has 2 rings (SSSR count). The zero-order chi connectivity index (χ0) is 13.8. The molecule has 0 spiro atoms. The van der Waals surface area contributed by atoms with E-state index in [9.17, 15) is 4.79 Å². The fourth-order valence-corrected chi connectivity index (χ4v) is 2.64. The van der Waals surface area contributed by atoms with Crippen LogP contribution in [0.25, 0.3) is 0 Å². The summed E-state index contributed by atoms with van der Waals surface area (Å²) in [5.74, 6) is 1.10. The van der Waals surface area contributed by atoms with E-state index in [0.717, 1.165) is 12.8 Å². The van der Waals surface area contributed by atoms with Gasteiger partial charge in [-0.3, -0.25) is 4.79 Å². The largest absolute Gasteiger partial charge is 0.491 e. The van der Waals surface area contributed by atoms with Crippen LogP contribution in [-0.4, -0.2) is 18.6 Å². The van der Waals surface area contributed by atoms with Gasteiger partial charge < -0.3 is 15.8 Å². The first kappa shape index (κ1) is 13.7. The molecule has 4 heteroatoms. The van der Waals surface area contributed by atoms with E-state index >= 15 is 0 Å². The third-order valence-corrected chi connectivity index (χ3v) is 3.61. The van der Waals surface area contributed by atoms with Gasteiger partial charge in [0.05, 0.1) is 17.9 Å². The minimum Gasteiger partial charge on any atom is -0.491 e. The third kappa shape index (κ3) is 3.19. The molecule has 1 aromatic carbocycles. The Kier molecular flexibility index (Phi) is 4.30. The minimum absolute atomic E-state index is 0.0881. The number of anilines is 1. The van der Waals surface area contributed by atoms with Crippen molar-refractivity contribution in [2.24, 2.45) is 5.92 Å². The molecule has 1 aliphatic carbocycles. The number of nitrogen functional groups attached to an aromatic ring is 1. The lowest BCUT2D eigenvalue weighted by Crippen LogP contribution is -2.33. The third-order valence-electron chi connectivity index (χ3n) is 3.61. The molecule has 1 aliphatic rings. The monoisotopic (exact) mass is 262 g/mol. The number of carbonyl (C=O) groups is 1. The Morgan fingerprint density at radius 2 is 2.26 bits per heavy atom. The zero-order valence-electron chi connectivity index (χ0n) is 11.6. The standard InChI is InChI=1S/C15H22N2O2/c1-3-19-14-12(5-4-6-13(14)16)15(18)17-11-8-7-10(2)9-11/h4-6,10-11H,3,7-9,16H2,1-2H3,(H,17,18). The average molecular weight is 262 g/mol. The molecule has 1 amide bonds. The van der Waals surface area contributed by atoms with Crippen molar-refractivity contribution in [3.63, 3.8) is 0 Å². The molecule has 104 valence electrons. The smallest absolute Gasteiger partial charge is 0.255 e. The van der Waals surface area contributed by atoms with Gasteiger partial charge in [0.1, 0.15) is 0 Å². The van der Waals surface area contributed by atoms with E-state index in [2.05, 4.69) is 12.2 Å². The number of amides is 1. The summed E-state index contributed by atoms with van der Waals surface area (Å²) in [6.07, 6.45) is 3.29. The molecule has 0 radical (unpaired) electrons. The molecular formula is C15H22N2O2. The molecule has 1 fully saturated rings. The number of para-hydroxylation sites is 1.